The molecule has 10 heteroatoms. The second-order valence-electron chi connectivity index (χ2n) is 27.7. The van der Waals surface area contributed by atoms with Crippen molar-refractivity contribution >= 4 is 19.8 Å². The minimum Gasteiger partial charge on any atom is -0.462 e. The van der Waals surface area contributed by atoms with Crippen LogP contribution >= 0.6 is 7.82 Å². The minimum atomic E-state index is -4.42. The number of phosphoric ester groups is 1. The zero-order chi connectivity index (χ0) is 69.0. The van der Waals surface area contributed by atoms with Crippen molar-refractivity contribution in [1.29, 1.82) is 0 Å². The molecule has 0 amide bonds. The molecule has 0 fully saturated rings. The lowest BCUT2D eigenvalue weighted by Crippen LogP contribution is -2.37. The number of rotatable bonds is 73. The van der Waals surface area contributed by atoms with Gasteiger partial charge in [-0.1, -0.05) is 373 Å². The molecule has 95 heavy (non-hydrogen) atoms. The van der Waals surface area contributed by atoms with E-state index in [1.165, 1.54) is 225 Å². The van der Waals surface area contributed by atoms with Gasteiger partial charge in [0.1, 0.15) is 19.8 Å². The summed E-state index contributed by atoms with van der Waals surface area (Å²) in [5.74, 6) is -0.843. The summed E-state index contributed by atoms with van der Waals surface area (Å²) in [7, 11) is 1.44. The van der Waals surface area contributed by atoms with E-state index in [0.29, 0.717) is 17.4 Å². The van der Waals surface area contributed by atoms with Gasteiger partial charge in [0.25, 0.3) is 0 Å². The smallest absolute Gasteiger partial charge is 0.462 e. The van der Waals surface area contributed by atoms with Crippen LogP contribution in [-0.4, -0.2) is 74.9 Å². The van der Waals surface area contributed by atoms with Gasteiger partial charge in [0.05, 0.1) is 27.7 Å². The van der Waals surface area contributed by atoms with Crippen molar-refractivity contribution in [2.45, 2.75) is 360 Å². The van der Waals surface area contributed by atoms with E-state index in [1.807, 2.05) is 21.1 Å². The average molecular weight is 1350 g/mol. The lowest BCUT2D eigenvalue weighted by Gasteiger charge is -2.24. The van der Waals surface area contributed by atoms with Gasteiger partial charge in [-0.3, -0.25) is 18.6 Å². The van der Waals surface area contributed by atoms with Gasteiger partial charge < -0.3 is 18.9 Å². The number of hydrogen-bond donors (Lipinski definition) is 1. The molecule has 0 radical (unpaired) electrons. The van der Waals surface area contributed by atoms with Crippen LogP contribution in [0.4, 0.5) is 0 Å². The summed E-state index contributed by atoms with van der Waals surface area (Å²) < 4.78 is 34.7. The van der Waals surface area contributed by atoms with Gasteiger partial charge in [0, 0.05) is 12.8 Å². The van der Waals surface area contributed by atoms with Crippen LogP contribution < -0.4 is 0 Å². The summed E-state index contributed by atoms with van der Waals surface area (Å²) in [6.07, 6.45) is 108. The Kier molecular flexibility index (Phi) is 71.8. The summed E-state index contributed by atoms with van der Waals surface area (Å²) in [5, 5.41) is 0. The molecule has 0 saturated carbocycles. The summed E-state index contributed by atoms with van der Waals surface area (Å²) in [6.45, 7) is 4.30. The Morgan fingerprint density at radius 3 is 0.895 bits per heavy atom. The Labute approximate surface area is 588 Å². The van der Waals surface area contributed by atoms with Gasteiger partial charge in [-0.25, -0.2) is 4.57 Å². The Morgan fingerprint density at radius 2 is 0.600 bits per heavy atom. The highest BCUT2D eigenvalue weighted by Crippen LogP contribution is 2.43. The van der Waals surface area contributed by atoms with Crippen LogP contribution in [0.25, 0.3) is 0 Å². The van der Waals surface area contributed by atoms with Crippen molar-refractivity contribution in [3.63, 3.8) is 0 Å². The van der Waals surface area contributed by atoms with Crippen molar-refractivity contribution in [3.05, 3.63) is 122 Å². The van der Waals surface area contributed by atoms with E-state index in [9.17, 15) is 19.0 Å². The topological polar surface area (TPSA) is 108 Å². The van der Waals surface area contributed by atoms with Crippen LogP contribution in [0.15, 0.2) is 122 Å². The molecule has 0 aromatic heterocycles. The van der Waals surface area contributed by atoms with E-state index in [2.05, 4.69) is 135 Å². The molecule has 0 bridgehead atoms. The first kappa shape index (κ1) is 91.4. The van der Waals surface area contributed by atoms with E-state index in [4.69, 9.17) is 18.5 Å². The third-order valence-electron chi connectivity index (χ3n) is 17.3. The number of esters is 2. The number of allylic oxidation sites excluding steroid dienone is 20. The van der Waals surface area contributed by atoms with Gasteiger partial charge in [-0.2, -0.15) is 0 Å². The summed E-state index contributed by atoms with van der Waals surface area (Å²) in [6, 6.07) is 0. The van der Waals surface area contributed by atoms with E-state index >= 15 is 0 Å². The van der Waals surface area contributed by atoms with Crippen LogP contribution in [0.1, 0.15) is 354 Å². The molecule has 0 spiro atoms. The third-order valence-corrected chi connectivity index (χ3v) is 18.2. The molecule has 0 heterocycles. The van der Waals surface area contributed by atoms with Crippen LogP contribution in [0.2, 0.25) is 0 Å². The first-order valence-electron chi connectivity index (χ1n) is 39.8. The second-order valence-corrected chi connectivity index (χ2v) is 29.2. The van der Waals surface area contributed by atoms with Crippen LogP contribution in [0, 0.1) is 0 Å². The SMILES string of the molecule is CC/C=C\C/C=C\C/C=C\C/C=C\C/C=C\C/C=C\C/C=C\C/C=C\C/C=C\C/C=C\CCCCC(=O)OC(COC(=O)CCCCCCCCCCCCCCCCCCCCCCCCCCCCCCCCCCCCCCCC)COP(=O)(O)OCC[N+](C)(C)C. The van der Waals surface area contributed by atoms with Crippen molar-refractivity contribution < 1.29 is 42.1 Å². The van der Waals surface area contributed by atoms with Gasteiger partial charge >= 0.3 is 19.8 Å². The first-order chi connectivity index (χ1) is 46.5. The summed E-state index contributed by atoms with van der Waals surface area (Å²) in [4.78, 5) is 35.9. The molecule has 548 valence electrons. The average Bonchev–Trinajstić information content (AvgIpc) is 1.80. The fourth-order valence-electron chi connectivity index (χ4n) is 11.2. The molecule has 9 nitrogen and oxygen atoms in total. The van der Waals surface area contributed by atoms with Gasteiger partial charge in [-0.15, -0.1) is 0 Å². The second kappa shape index (κ2) is 74.6. The number of nitrogens with zero attached hydrogens (tertiary/aromatic N) is 1. The predicted octanol–water partition coefficient (Wildman–Crippen LogP) is 26.6. The zero-order valence-electron chi connectivity index (χ0n) is 62.6. The van der Waals surface area contributed by atoms with Gasteiger partial charge in [0.15, 0.2) is 6.10 Å². The Balaban J connectivity index is 4.04. The molecule has 2 atom stereocenters. The molecule has 0 saturated heterocycles. The fourth-order valence-corrected chi connectivity index (χ4v) is 12.0. The largest absolute Gasteiger partial charge is 0.472 e. The van der Waals surface area contributed by atoms with E-state index < -0.39 is 26.5 Å². The van der Waals surface area contributed by atoms with E-state index in [-0.39, 0.29) is 32.0 Å². The quantitative estimate of drug-likeness (QED) is 0.0211. The minimum absolute atomic E-state index is 0.0182. The van der Waals surface area contributed by atoms with Gasteiger partial charge in [0.2, 0.25) is 0 Å². The third kappa shape index (κ3) is 79.3. The maximum Gasteiger partial charge on any atom is 0.472 e. The van der Waals surface area contributed by atoms with Crippen LogP contribution in [0.5, 0.6) is 0 Å². The Bertz CT molecular complexity index is 2020. The maximum atomic E-state index is 12.9. The zero-order valence-corrected chi connectivity index (χ0v) is 63.5. The van der Waals surface area contributed by atoms with Crippen LogP contribution in [0.3, 0.4) is 0 Å². The number of carbonyl (C=O) groups excluding carboxylic acids is 2. The van der Waals surface area contributed by atoms with E-state index in [1.54, 1.807) is 0 Å². The highest BCUT2D eigenvalue weighted by molar-refractivity contribution is 7.47. The number of carbonyl (C=O) groups is 2. The highest BCUT2D eigenvalue weighted by atomic mass is 31.2. The normalized spacial score (nSPS) is 13.7. The maximum absolute atomic E-state index is 12.9. The van der Waals surface area contributed by atoms with Gasteiger partial charge in [-0.05, 0) is 89.9 Å². The number of hydrogen-bond acceptors (Lipinski definition) is 7. The molecular formula is C85H151NO8P+. The van der Waals surface area contributed by atoms with Crippen molar-refractivity contribution in [1.82, 2.24) is 0 Å². The standard InChI is InChI=1S/C85H150NO8P/c1-6-8-10-12-14-16-18-20-22-24-26-28-30-32-34-36-38-40-41-42-43-44-46-47-49-51-53-55-57-59-61-63-65-67-69-71-73-75-77-84(87)91-81-83(82-93-95(89,90)92-80-79-86(3,4)5)94-85(88)78-76-74-72-70-68-66-64-62-60-58-56-54-52-50-48-45-39-37-35-33-31-29-27-25-23-21-19-17-15-13-11-9-7-2/h9,11,15,17,21,23,27,29,33,35,39,45,50,52,56,58,62,64,68,70,83H,6-8,10,12-14,16,18-20,22,24-26,28,30-32,34,36-38,40-44,46-49,51,53-55,57,59-61,63,65-67,69,71-82H2,1-5H3/p+1/b11-9-,17-15-,23-21-,29-27-,35-33-,45-39-,52-50-,58-56-,64-62-,70-68-. The number of likely N-dealkylation sites (N-methyl/N-ethyl adjacent to an activating group) is 1. The molecule has 2 unspecified atom stereocenters. The van der Waals surface area contributed by atoms with Crippen molar-refractivity contribution in [2.24, 2.45) is 0 Å². The number of phosphoric acid groups is 1. The molecule has 0 aliphatic heterocycles. The molecular weight excluding hydrogens is 1190 g/mol. The first-order valence-corrected chi connectivity index (χ1v) is 41.3. The summed E-state index contributed by atoms with van der Waals surface area (Å²) >= 11 is 0. The molecule has 0 aromatic rings. The number of ether oxygens (including phenoxy) is 2. The Morgan fingerprint density at radius 1 is 0.337 bits per heavy atom. The highest BCUT2D eigenvalue weighted by Gasteiger charge is 2.27. The Hall–Kier alpha value is -3.59. The number of unbranched alkanes of at least 4 members (excludes halogenated alkanes) is 39. The summed E-state index contributed by atoms with van der Waals surface area (Å²) in [5.41, 5.74) is 0. The van der Waals surface area contributed by atoms with E-state index in [0.717, 1.165) is 96.3 Å². The predicted molar refractivity (Wildman–Crippen MR) is 413 cm³/mol. The van der Waals surface area contributed by atoms with Crippen molar-refractivity contribution in [3.8, 4) is 0 Å². The lowest BCUT2D eigenvalue weighted by atomic mass is 10.0. The molecule has 0 aromatic carbocycles. The van der Waals surface area contributed by atoms with Crippen molar-refractivity contribution in [2.75, 3.05) is 47.5 Å². The van der Waals surface area contributed by atoms with Crippen LogP contribution in [-0.2, 0) is 32.7 Å². The monoisotopic (exact) mass is 1350 g/mol. The molecule has 0 rings (SSSR count). The molecule has 1 N–H and O–H groups in total. The number of quaternary nitrogens is 1. The molecule has 0 aliphatic rings. The molecule has 0 aliphatic carbocycles. The fraction of sp³-hybridized carbons (Fsp3) is 0.741. The lowest BCUT2D eigenvalue weighted by molar-refractivity contribution is -0.870.